The van der Waals surface area contributed by atoms with Crippen LogP contribution in [0, 0.1) is 22.7 Å². The average Bonchev–Trinajstić information content (AvgIpc) is 3.50. The molecule has 6 nitrogen and oxygen atoms in total. The minimum absolute atomic E-state index is 0.0258. The number of nitrogens with one attached hydrogen (secondary N) is 2. The normalized spacial score (nSPS) is 31.4. The molecule has 2 aromatic heterocycles. The van der Waals surface area contributed by atoms with E-state index in [1.54, 1.807) is 10.8 Å². The van der Waals surface area contributed by atoms with Gasteiger partial charge in [0.05, 0.1) is 22.3 Å². The Kier molecular flexibility index (Phi) is 7.17. The number of hydrogen-bond acceptors (Lipinski definition) is 5. The van der Waals surface area contributed by atoms with Crippen molar-refractivity contribution in [1.82, 2.24) is 24.7 Å². The minimum atomic E-state index is -4.52. The molecule has 0 amide bonds. The average molecular weight is 566 g/mol. The van der Waals surface area contributed by atoms with Gasteiger partial charge >= 0.3 is 11.9 Å². The summed E-state index contributed by atoms with van der Waals surface area (Å²) in [5.41, 5.74) is 6.71. The number of imidazole rings is 1. The second kappa shape index (κ2) is 10.1. The smallest absolute Gasteiger partial charge is 0.299 e. The van der Waals surface area contributed by atoms with Crippen LogP contribution in [0.3, 0.4) is 0 Å². The molecule has 2 N–H and O–H groups in total. The molecule has 2 aliphatic carbocycles. The summed E-state index contributed by atoms with van der Waals surface area (Å²) in [5, 5.41) is 0.330. The fourth-order valence-electron chi connectivity index (χ4n) is 8.49. The quantitative estimate of drug-likeness (QED) is 0.465. The van der Waals surface area contributed by atoms with Crippen molar-refractivity contribution in [3.63, 3.8) is 0 Å². The van der Waals surface area contributed by atoms with Gasteiger partial charge in [0.1, 0.15) is 0 Å². The summed E-state index contributed by atoms with van der Waals surface area (Å²) in [7, 11) is 0. The van der Waals surface area contributed by atoms with E-state index in [1.807, 2.05) is 11.8 Å². The van der Waals surface area contributed by atoms with Crippen molar-refractivity contribution in [3.8, 4) is 0 Å². The Morgan fingerprint density at radius 3 is 2.59 bits per heavy atom. The third kappa shape index (κ3) is 5.19. The number of piperidine rings is 1. The molecule has 6 rings (SSSR count). The van der Waals surface area contributed by atoms with Crippen LogP contribution >= 0.6 is 11.8 Å². The van der Waals surface area contributed by atoms with E-state index in [-0.39, 0.29) is 22.7 Å². The van der Waals surface area contributed by atoms with Gasteiger partial charge in [-0.15, -0.1) is 11.8 Å². The van der Waals surface area contributed by atoms with Gasteiger partial charge in [-0.3, -0.25) is 13.9 Å². The molecule has 0 radical (unpaired) electrons. The van der Waals surface area contributed by atoms with Crippen molar-refractivity contribution >= 4 is 17.3 Å². The Morgan fingerprint density at radius 2 is 1.92 bits per heavy atom. The molecule has 4 heterocycles. The Bertz CT molecular complexity index is 1260. The standard InChI is InChI=1S/C29H42F3N5OS/c1-19-6-5-9-35(12-19)13-20-10-23(29(30,31)32)24-15-36(26(38)37(24)14-20)22-8-4-7-21(11-22)28(16-27(2,3)17-28)25-34-33-18-39-25/h10,14-15,19,21-22,25,33-34H,4-9,11-13,16-18H2,1-3H3/t19-,21?,22?,25?/m0/s1. The highest BCUT2D eigenvalue weighted by molar-refractivity contribution is 8.00. The number of hydrazine groups is 1. The Labute approximate surface area is 233 Å². The number of thioether (sulfide) groups is 1. The number of alkyl halides is 3. The molecule has 4 aliphatic rings. The van der Waals surface area contributed by atoms with E-state index in [0.717, 1.165) is 70.3 Å². The van der Waals surface area contributed by atoms with Crippen LogP contribution in [-0.4, -0.2) is 38.2 Å². The van der Waals surface area contributed by atoms with E-state index in [4.69, 9.17) is 0 Å². The fraction of sp³-hybridized carbons (Fsp3) is 0.759. The van der Waals surface area contributed by atoms with Gasteiger partial charge in [-0.25, -0.2) is 15.6 Å². The van der Waals surface area contributed by atoms with Crippen LogP contribution in [0.4, 0.5) is 13.2 Å². The van der Waals surface area contributed by atoms with Crippen LogP contribution in [0.15, 0.2) is 23.3 Å². The number of pyridine rings is 1. The van der Waals surface area contributed by atoms with Gasteiger partial charge in [-0.05, 0) is 80.4 Å². The molecule has 2 saturated heterocycles. The zero-order chi connectivity index (χ0) is 27.6. The summed E-state index contributed by atoms with van der Waals surface area (Å²) in [5.74, 6) is 1.85. The van der Waals surface area contributed by atoms with Crippen molar-refractivity contribution in [2.45, 2.75) is 96.3 Å². The van der Waals surface area contributed by atoms with E-state index in [9.17, 15) is 18.0 Å². The van der Waals surface area contributed by atoms with Crippen molar-refractivity contribution in [3.05, 3.63) is 40.1 Å². The topological polar surface area (TPSA) is 53.7 Å². The first-order valence-corrected chi connectivity index (χ1v) is 15.7. The molecule has 2 aromatic rings. The minimum Gasteiger partial charge on any atom is -0.299 e. The van der Waals surface area contributed by atoms with Gasteiger partial charge in [0, 0.05) is 36.9 Å². The highest BCUT2D eigenvalue weighted by Gasteiger charge is 2.59. The van der Waals surface area contributed by atoms with Gasteiger partial charge in [0.25, 0.3) is 0 Å². The molecule has 216 valence electrons. The number of rotatable bonds is 5. The summed E-state index contributed by atoms with van der Waals surface area (Å²) in [6.07, 6.45) is 6.87. The van der Waals surface area contributed by atoms with Crippen LogP contribution < -0.4 is 16.5 Å². The lowest BCUT2D eigenvalue weighted by molar-refractivity contribution is -0.136. The van der Waals surface area contributed by atoms with Gasteiger partial charge in [-0.1, -0.05) is 27.2 Å². The number of likely N-dealkylation sites (tertiary alicyclic amines) is 1. The van der Waals surface area contributed by atoms with Crippen LogP contribution in [0.2, 0.25) is 0 Å². The molecule has 0 bridgehead atoms. The molecule has 0 aromatic carbocycles. The van der Waals surface area contributed by atoms with Crippen LogP contribution in [0.1, 0.15) is 89.3 Å². The first-order valence-electron chi connectivity index (χ1n) is 14.6. The summed E-state index contributed by atoms with van der Waals surface area (Å²) < 4.78 is 45.8. The molecule has 0 spiro atoms. The van der Waals surface area contributed by atoms with Gasteiger partial charge in [-0.2, -0.15) is 13.2 Å². The van der Waals surface area contributed by atoms with Crippen molar-refractivity contribution in [2.75, 3.05) is 19.0 Å². The van der Waals surface area contributed by atoms with Crippen LogP contribution in [0.5, 0.6) is 0 Å². The SMILES string of the molecule is C[C@H]1CCCN(Cc2cc(C(F)(F)F)c3cn(C4CCCC(C5(C6NNCS6)CC(C)(C)C5)C4)c(=O)n3c2)C1. The third-order valence-corrected chi connectivity index (χ3v) is 11.1. The lowest BCUT2D eigenvalue weighted by atomic mass is 9.47. The molecule has 4 fully saturated rings. The molecule has 2 saturated carbocycles. The van der Waals surface area contributed by atoms with E-state index >= 15 is 0 Å². The second-order valence-electron chi connectivity index (χ2n) is 13.6. The summed E-state index contributed by atoms with van der Waals surface area (Å²) >= 11 is 1.92. The maximum Gasteiger partial charge on any atom is 0.418 e. The molecule has 39 heavy (non-hydrogen) atoms. The Hall–Kier alpha value is -1.49. The number of aromatic nitrogens is 2. The predicted molar refractivity (Wildman–Crippen MR) is 149 cm³/mol. The summed E-state index contributed by atoms with van der Waals surface area (Å²) in [6.45, 7) is 9.03. The third-order valence-electron chi connectivity index (χ3n) is 9.85. The van der Waals surface area contributed by atoms with Crippen molar-refractivity contribution in [2.24, 2.45) is 22.7 Å². The first kappa shape index (κ1) is 27.7. The van der Waals surface area contributed by atoms with Gasteiger partial charge in [0.15, 0.2) is 0 Å². The highest BCUT2D eigenvalue weighted by atomic mass is 32.2. The zero-order valence-corrected chi connectivity index (χ0v) is 24.1. The van der Waals surface area contributed by atoms with Gasteiger partial charge in [0.2, 0.25) is 0 Å². The first-order chi connectivity index (χ1) is 18.5. The number of nitrogens with zero attached hydrogens (tertiary/aromatic N) is 3. The van der Waals surface area contributed by atoms with E-state index in [2.05, 4.69) is 36.5 Å². The maximum atomic E-state index is 14.3. The molecule has 3 unspecified atom stereocenters. The molecule has 4 atom stereocenters. The van der Waals surface area contributed by atoms with Crippen molar-refractivity contribution in [1.29, 1.82) is 0 Å². The number of fused-ring (bicyclic) bond motifs is 1. The Balaban J connectivity index is 1.32. The van der Waals surface area contributed by atoms with E-state index in [0.29, 0.717) is 34.7 Å². The lowest BCUT2D eigenvalue weighted by Crippen LogP contribution is -2.58. The van der Waals surface area contributed by atoms with Crippen molar-refractivity contribution < 1.29 is 13.2 Å². The van der Waals surface area contributed by atoms with Crippen LogP contribution in [-0.2, 0) is 12.7 Å². The van der Waals surface area contributed by atoms with Gasteiger partial charge < -0.3 is 0 Å². The second-order valence-corrected chi connectivity index (χ2v) is 14.7. The zero-order valence-electron chi connectivity index (χ0n) is 23.3. The van der Waals surface area contributed by atoms with E-state index in [1.165, 1.54) is 16.7 Å². The van der Waals surface area contributed by atoms with E-state index < -0.39 is 11.7 Å². The summed E-state index contributed by atoms with van der Waals surface area (Å²) in [4.78, 5) is 15.9. The number of halogens is 3. The summed E-state index contributed by atoms with van der Waals surface area (Å²) in [6, 6.07) is 1.19. The fourth-order valence-corrected chi connectivity index (χ4v) is 9.69. The molecule has 2 aliphatic heterocycles. The maximum absolute atomic E-state index is 14.3. The Morgan fingerprint density at radius 1 is 1.13 bits per heavy atom. The monoisotopic (exact) mass is 565 g/mol. The lowest BCUT2D eigenvalue weighted by Gasteiger charge is -2.61. The highest BCUT2D eigenvalue weighted by Crippen LogP contribution is 2.64. The number of hydrogen-bond donors (Lipinski definition) is 2. The predicted octanol–water partition coefficient (Wildman–Crippen LogP) is 6.01. The molecular weight excluding hydrogens is 523 g/mol. The molecular formula is C29H42F3N5OS. The largest absolute Gasteiger partial charge is 0.418 e. The van der Waals surface area contributed by atoms with Crippen LogP contribution in [0.25, 0.3) is 5.52 Å². The molecule has 10 heteroatoms.